The van der Waals surface area contributed by atoms with Gasteiger partial charge in [-0.15, -0.1) is 0 Å². The molecule has 1 aromatic carbocycles. The summed E-state index contributed by atoms with van der Waals surface area (Å²) in [4.78, 5) is 10.3. The van der Waals surface area contributed by atoms with Crippen molar-refractivity contribution in [1.82, 2.24) is 0 Å². The summed E-state index contributed by atoms with van der Waals surface area (Å²) in [6.07, 6.45) is 2.80. The van der Waals surface area contributed by atoms with Gasteiger partial charge >= 0.3 is 6.18 Å². The van der Waals surface area contributed by atoms with Crippen molar-refractivity contribution >= 4 is 22.2 Å². The van der Waals surface area contributed by atoms with E-state index in [0.29, 0.717) is 12.3 Å². The van der Waals surface area contributed by atoms with Gasteiger partial charge in [0.1, 0.15) is 12.0 Å². The zero-order valence-corrected chi connectivity index (χ0v) is 14.3. The number of alkyl halides is 3. The van der Waals surface area contributed by atoms with Crippen molar-refractivity contribution in [3.05, 3.63) is 28.2 Å². The molecule has 0 heterocycles. The second-order valence-electron chi connectivity index (χ2n) is 6.00. The van der Waals surface area contributed by atoms with Gasteiger partial charge in [0, 0.05) is 10.9 Å². The zero-order valence-electron chi connectivity index (χ0n) is 12.7. The quantitative estimate of drug-likeness (QED) is 0.453. The third-order valence-electron chi connectivity index (χ3n) is 4.27. The predicted molar refractivity (Wildman–Crippen MR) is 85.4 cm³/mol. The Bertz CT molecular complexity index is 523. The monoisotopic (exact) mass is 392 g/mol. The van der Waals surface area contributed by atoms with Crippen LogP contribution in [0.5, 0.6) is 5.75 Å². The maximum Gasteiger partial charge on any atom is 0.417 e. The molecule has 23 heavy (non-hydrogen) atoms. The highest BCUT2D eigenvalue weighted by Gasteiger charge is 2.33. The summed E-state index contributed by atoms with van der Waals surface area (Å²) in [6, 6.07) is 4.00. The highest BCUT2D eigenvalue weighted by molar-refractivity contribution is 9.10. The number of benzene rings is 1. The summed E-state index contributed by atoms with van der Waals surface area (Å²) in [7, 11) is 0. The standard InChI is InChI=1S/C17H20BrF3O2/c18-16-9-8-14(11-15(16)17(19,20)21)23-13-6-4-12(5-7-13)3-1-2-10-22/h8-13H,1-7H2. The summed E-state index contributed by atoms with van der Waals surface area (Å²) >= 11 is 2.93. The van der Waals surface area contributed by atoms with Crippen LogP contribution in [0.3, 0.4) is 0 Å². The fourth-order valence-corrected chi connectivity index (χ4v) is 3.49. The highest BCUT2D eigenvalue weighted by atomic mass is 79.9. The molecule has 0 saturated heterocycles. The molecule has 0 unspecified atom stereocenters. The first-order valence-electron chi connectivity index (χ1n) is 7.87. The number of rotatable bonds is 6. The Hall–Kier alpha value is -1.04. The lowest BCUT2D eigenvalue weighted by atomic mass is 9.84. The summed E-state index contributed by atoms with van der Waals surface area (Å²) in [5, 5.41) is 0. The normalized spacial score (nSPS) is 21.9. The first-order valence-corrected chi connectivity index (χ1v) is 8.66. The van der Waals surface area contributed by atoms with E-state index in [4.69, 9.17) is 4.74 Å². The topological polar surface area (TPSA) is 26.3 Å². The van der Waals surface area contributed by atoms with Crippen molar-refractivity contribution in [3.8, 4) is 5.75 Å². The number of halogens is 4. The van der Waals surface area contributed by atoms with Crippen LogP contribution >= 0.6 is 15.9 Å². The van der Waals surface area contributed by atoms with Crippen molar-refractivity contribution in [1.29, 1.82) is 0 Å². The third-order valence-corrected chi connectivity index (χ3v) is 4.97. The molecule has 0 atom stereocenters. The Morgan fingerprint density at radius 1 is 1.22 bits per heavy atom. The van der Waals surface area contributed by atoms with E-state index in [1.165, 1.54) is 6.07 Å². The lowest BCUT2D eigenvalue weighted by Gasteiger charge is -2.29. The van der Waals surface area contributed by atoms with Crippen molar-refractivity contribution in [2.24, 2.45) is 5.92 Å². The Labute approximate surface area is 142 Å². The summed E-state index contributed by atoms with van der Waals surface area (Å²) in [5.41, 5.74) is -0.711. The van der Waals surface area contributed by atoms with Crippen LogP contribution in [-0.4, -0.2) is 12.4 Å². The second kappa shape index (κ2) is 8.18. The van der Waals surface area contributed by atoms with Gasteiger partial charge in [-0.2, -0.15) is 13.2 Å². The van der Waals surface area contributed by atoms with Crippen LogP contribution in [0.25, 0.3) is 0 Å². The Balaban J connectivity index is 1.88. The molecule has 0 aromatic heterocycles. The molecule has 0 amide bonds. The lowest BCUT2D eigenvalue weighted by Crippen LogP contribution is -2.24. The van der Waals surface area contributed by atoms with Gasteiger partial charge in [0.2, 0.25) is 0 Å². The minimum Gasteiger partial charge on any atom is -0.490 e. The van der Waals surface area contributed by atoms with Gasteiger partial charge < -0.3 is 9.53 Å². The van der Waals surface area contributed by atoms with E-state index in [1.54, 1.807) is 6.07 Å². The zero-order chi connectivity index (χ0) is 16.9. The second-order valence-corrected chi connectivity index (χ2v) is 6.85. The molecule has 2 nitrogen and oxygen atoms in total. The van der Waals surface area contributed by atoms with E-state index in [9.17, 15) is 18.0 Å². The van der Waals surface area contributed by atoms with Crippen molar-refractivity contribution in [2.45, 2.75) is 57.2 Å². The number of unbranched alkanes of at least 4 members (excludes halogenated alkanes) is 1. The lowest BCUT2D eigenvalue weighted by molar-refractivity contribution is -0.138. The number of carbonyl (C=O) groups is 1. The fraction of sp³-hybridized carbons (Fsp3) is 0.588. The van der Waals surface area contributed by atoms with Crippen LogP contribution in [0.4, 0.5) is 13.2 Å². The van der Waals surface area contributed by atoms with Crippen LogP contribution in [0, 0.1) is 5.92 Å². The van der Waals surface area contributed by atoms with Crippen molar-refractivity contribution in [2.75, 3.05) is 0 Å². The summed E-state index contributed by atoms with van der Waals surface area (Å²) < 4.78 is 44.5. The predicted octanol–water partition coefficient (Wildman–Crippen LogP) is 5.77. The fourth-order valence-electron chi connectivity index (χ4n) is 3.02. The smallest absolute Gasteiger partial charge is 0.417 e. The molecule has 1 aliphatic rings. The molecule has 1 aliphatic carbocycles. The maximum atomic E-state index is 12.9. The van der Waals surface area contributed by atoms with E-state index in [1.807, 2.05) is 0 Å². The van der Waals surface area contributed by atoms with Gasteiger partial charge in [0.05, 0.1) is 11.7 Å². The van der Waals surface area contributed by atoms with E-state index < -0.39 is 11.7 Å². The van der Waals surface area contributed by atoms with Gasteiger partial charge in [0.15, 0.2) is 0 Å². The molecule has 0 radical (unpaired) electrons. The van der Waals surface area contributed by atoms with Crippen LogP contribution in [0.15, 0.2) is 22.7 Å². The van der Waals surface area contributed by atoms with Crippen molar-refractivity contribution in [3.63, 3.8) is 0 Å². The molecule has 0 bridgehead atoms. The van der Waals surface area contributed by atoms with Crippen molar-refractivity contribution < 1.29 is 22.7 Å². The molecule has 1 aromatic rings. The number of aldehydes is 1. The van der Waals surface area contributed by atoms with E-state index in [-0.39, 0.29) is 16.3 Å². The SMILES string of the molecule is O=CCCCC1CCC(Oc2ccc(Br)c(C(F)(F)F)c2)CC1. The maximum absolute atomic E-state index is 12.9. The molecule has 1 fully saturated rings. The molecule has 6 heteroatoms. The summed E-state index contributed by atoms with van der Waals surface area (Å²) in [5.74, 6) is 0.871. The average Bonchev–Trinajstić information content (AvgIpc) is 2.50. The van der Waals surface area contributed by atoms with Gasteiger partial charge in [-0.3, -0.25) is 0 Å². The molecule has 0 spiro atoms. The first kappa shape index (κ1) is 18.3. The van der Waals surface area contributed by atoms with Gasteiger partial charge in [-0.05, 0) is 56.2 Å². The van der Waals surface area contributed by atoms with Crippen LogP contribution in [0.2, 0.25) is 0 Å². The minimum atomic E-state index is -4.39. The number of hydrogen-bond acceptors (Lipinski definition) is 2. The van der Waals surface area contributed by atoms with E-state index in [2.05, 4.69) is 15.9 Å². The van der Waals surface area contributed by atoms with Crippen LogP contribution in [0.1, 0.15) is 50.5 Å². The largest absolute Gasteiger partial charge is 0.490 e. The van der Waals surface area contributed by atoms with E-state index >= 15 is 0 Å². The van der Waals surface area contributed by atoms with Crippen LogP contribution in [-0.2, 0) is 11.0 Å². The highest BCUT2D eigenvalue weighted by Crippen LogP contribution is 2.38. The molecule has 2 rings (SSSR count). The minimum absolute atomic E-state index is 0.0243. The first-order chi connectivity index (χ1) is 10.9. The van der Waals surface area contributed by atoms with Gasteiger partial charge in [-0.25, -0.2) is 0 Å². The number of carbonyl (C=O) groups excluding carboxylic acids is 1. The molecular formula is C17H20BrF3O2. The third kappa shape index (κ3) is 5.52. The Morgan fingerprint density at radius 3 is 2.52 bits per heavy atom. The van der Waals surface area contributed by atoms with E-state index in [0.717, 1.165) is 50.9 Å². The molecule has 0 N–H and O–H groups in total. The van der Waals surface area contributed by atoms with Gasteiger partial charge in [-0.1, -0.05) is 22.4 Å². The number of hydrogen-bond donors (Lipinski definition) is 0. The van der Waals surface area contributed by atoms with Gasteiger partial charge in [0.25, 0.3) is 0 Å². The Morgan fingerprint density at radius 2 is 1.91 bits per heavy atom. The molecule has 1 saturated carbocycles. The summed E-state index contributed by atoms with van der Waals surface area (Å²) in [6.45, 7) is 0. The molecule has 128 valence electrons. The average molecular weight is 393 g/mol. The Kier molecular flexibility index (Phi) is 6.50. The number of ether oxygens (including phenoxy) is 1. The molecular weight excluding hydrogens is 373 g/mol. The molecule has 0 aliphatic heterocycles. The van der Waals surface area contributed by atoms with Crippen LogP contribution < -0.4 is 4.74 Å².